The first-order chi connectivity index (χ1) is 3.77. The molecule has 46 valence electrons. The van der Waals surface area contributed by atoms with Crippen LogP contribution in [0.5, 0.6) is 0 Å². The van der Waals surface area contributed by atoms with Crippen molar-refractivity contribution in [2.24, 2.45) is 5.73 Å². The molecule has 0 amide bonds. The van der Waals surface area contributed by atoms with E-state index < -0.39 is 0 Å². The second kappa shape index (κ2) is 4.37. The summed E-state index contributed by atoms with van der Waals surface area (Å²) in [5, 5.41) is 6.76. The van der Waals surface area contributed by atoms with Crippen molar-refractivity contribution < 1.29 is 0 Å². The van der Waals surface area contributed by atoms with Gasteiger partial charge in [0.05, 0.1) is 0 Å². The molecule has 3 N–H and O–H groups in total. The molecule has 0 rings (SSSR count). The molecular weight excluding hydrogens is 100 g/mol. The summed E-state index contributed by atoms with van der Waals surface area (Å²) in [5.74, 6) is 0.137. The molecule has 0 spiro atoms. The third kappa shape index (κ3) is 5.21. The van der Waals surface area contributed by atoms with Gasteiger partial charge in [-0.15, -0.1) is 0 Å². The van der Waals surface area contributed by atoms with Gasteiger partial charge in [0.2, 0.25) is 0 Å². The zero-order valence-electron chi connectivity index (χ0n) is 5.15. The summed E-state index contributed by atoms with van der Waals surface area (Å²) in [6.07, 6.45) is 5.65. The van der Waals surface area contributed by atoms with Crippen LogP contribution >= 0.6 is 0 Å². The van der Waals surface area contributed by atoms with E-state index in [-0.39, 0.29) is 5.84 Å². The number of rotatable bonds is 3. The SMILES string of the molecule is CCC/C=C/C(=N)N. The van der Waals surface area contributed by atoms with Crippen LogP contribution in [0.25, 0.3) is 0 Å². The molecule has 0 fully saturated rings. The van der Waals surface area contributed by atoms with Crippen LogP contribution in [0.2, 0.25) is 0 Å². The standard InChI is InChI=1S/C6H12N2/c1-2-3-4-5-6(7)8/h4-5H,2-3H2,1H3,(H3,7,8)/b5-4+. The van der Waals surface area contributed by atoms with Crippen molar-refractivity contribution >= 4 is 5.84 Å². The zero-order chi connectivity index (χ0) is 6.41. The largest absolute Gasteiger partial charge is 0.384 e. The van der Waals surface area contributed by atoms with E-state index in [0.717, 1.165) is 12.8 Å². The molecule has 0 atom stereocenters. The Balaban J connectivity index is 3.20. The molecule has 0 aliphatic heterocycles. The molecule has 0 aromatic rings. The quantitative estimate of drug-likeness (QED) is 0.419. The van der Waals surface area contributed by atoms with Crippen molar-refractivity contribution in [2.75, 3.05) is 0 Å². The fourth-order valence-electron chi connectivity index (χ4n) is 0.377. The first kappa shape index (κ1) is 7.21. The average molecular weight is 112 g/mol. The Kier molecular flexibility index (Phi) is 3.94. The number of allylic oxidation sites excluding steroid dienone is 1. The third-order valence-corrected chi connectivity index (χ3v) is 0.753. The lowest BCUT2D eigenvalue weighted by molar-refractivity contribution is 0.959. The molecule has 0 radical (unpaired) electrons. The Hall–Kier alpha value is -0.790. The van der Waals surface area contributed by atoms with Crippen molar-refractivity contribution in [1.82, 2.24) is 0 Å². The maximum absolute atomic E-state index is 6.76. The molecule has 8 heavy (non-hydrogen) atoms. The molecule has 0 aromatic carbocycles. The number of hydrogen-bond acceptors (Lipinski definition) is 1. The van der Waals surface area contributed by atoms with Gasteiger partial charge < -0.3 is 5.73 Å². The van der Waals surface area contributed by atoms with Crippen molar-refractivity contribution in [3.8, 4) is 0 Å². The van der Waals surface area contributed by atoms with Gasteiger partial charge in [-0.1, -0.05) is 19.4 Å². The summed E-state index contributed by atoms with van der Waals surface area (Å²) < 4.78 is 0. The monoisotopic (exact) mass is 112 g/mol. The Morgan fingerprint density at radius 1 is 1.75 bits per heavy atom. The van der Waals surface area contributed by atoms with E-state index >= 15 is 0 Å². The van der Waals surface area contributed by atoms with Gasteiger partial charge in [0.25, 0.3) is 0 Å². The zero-order valence-corrected chi connectivity index (χ0v) is 5.15. The molecule has 0 saturated carbocycles. The van der Waals surface area contributed by atoms with E-state index in [0.29, 0.717) is 0 Å². The first-order valence-electron chi connectivity index (χ1n) is 2.78. The van der Waals surface area contributed by atoms with Crippen LogP contribution in [0.3, 0.4) is 0 Å². The van der Waals surface area contributed by atoms with Crippen LogP contribution in [0, 0.1) is 5.41 Å². The van der Waals surface area contributed by atoms with Crippen molar-refractivity contribution in [3.05, 3.63) is 12.2 Å². The van der Waals surface area contributed by atoms with Gasteiger partial charge in [-0.2, -0.15) is 0 Å². The summed E-state index contributed by atoms with van der Waals surface area (Å²) in [5.41, 5.74) is 5.03. The lowest BCUT2D eigenvalue weighted by atomic mass is 10.3. The smallest absolute Gasteiger partial charge is 0.114 e. The fourth-order valence-corrected chi connectivity index (χ4v) is 0.377. The molecule has 2 heteroatoms. The topological polar surface area (TPSA) is 49.9 Å². The molecule has 0 bridgehead atoms. The average Bonchev–Trinajstić information content (AvgIpc) is 1.66. The minimum absolute atomic E-state index is 0.137. The second-order valence-electron chi connectivity index (χ2n) is 1.65. The van der Waals surface area contributed by atoms with Gasteiger partial charge in [0.15, 0.2) is 0 Å². The maximum Gasteiger partial charge on any atom is 0.114 e. The number of hydrogen-bond donors (Lipinski definition) is 2. The molecule has 0 saturated heterocycles. The van der Waals surface area contributed by atoms with Crippen molar-refractivity contribution in [2.45, 2.75) is 19.8 Å². The van der Waals surface area contributed by atoms with E-state index in [1.54, 1.807) is 6.08 Å². The molecule has 0 aromatic heterocycles. The molecule has 0 unspecified atom stereocenters. The summed E-state index contributed by atoms with van der Waals surface area (Å²) in [7, 11) is 0. The van der Waals surface area contributed by atoms with E-state index in [1.807, 2.05) is 6.08 Å². The van der Waals surface area contributed by atoms with E-state index in [4.69, 9.17) is 11.1 Å². The molecule has 0 aliphatic rings. The van der Waals surface area contributed by atoms with Crippen LogP contribution in [-0.4, -0.2) is 5.84 Å². The first-order valence-corrected chi connectivity index (χ1v) is 2.78. The highest BCUT2D eigenvalue weighted by Crippen LogP contribution is 1.86. The lowest BCUT2D eigenvalue weighted by Crippen LogP contribution is -2.03. The van der Waals surface area contributed by atoms with E-state index in [9.17, 15) is 0 Å². The van der Waals surface area contributed by atoms with Gasteiger partial charge in [0, 0.05) is 0 Å². The minimum atomic E-state index is 0.137. The van der Waals surface area contributed by atoms with Crippen LogP contribution in [0.1, 0.15) is 19.8 Å². The highest BCUT2D eigenvalue weighted by atomic mass is 14.7. The molecule has 2 nitrogen and oxygen atoms in total. The Morgan fingerprint density at radius 2 is 2.38 bits per heavy atom. The van der Waals surface area contributed by atoms with Crippen molar-refractivity contribution in [1.29, 1.82) is 5.41 Å². The summed E-state index contributed by atoms with van der Waals surface area (Å²) in [6.45, 7) is 2.09. The van der Waals surface area contributed by atoms with E-state index in [1.165, 1.54) is 0 Å². The highest BCUT2D eigenvalue weighted by molar-refractivity contribution is 5.88. The minimum Gasteiger partial charge on any atom is -0.384 e. The van der Waals surface area contributed by atoms with Gasteiger partial charge in [-0.25, -0.2) is 0 Å². The van der Waals surface area contributed by atoms with Crippen LogP contribution in [-0.2, 0) is 0 Å². The number of amidine groups is 1. The summed E-state index contributed by atoms with van der Waals surface area (Å²) in [4.78, 5) is 0. The Labute approximate surface area is 49.9 Å². The van der Waals surface area contributed by atoms with E-state index in [2.05, 4.69) is 6.92 Å². The summed E-state index contributed by atoms with van der Waals surface area (Å²) in [6, 6.07) is 0. The van der Waals surface area contributed by atoms with Gasteiger partial charge >= 0.3 is 0 Å². The Bertz CT molecular complexity index is 94.7. The predicted octanol–water partition coefficient (Wildman–Crippen LogP) is 1.28. The van der Waals surface area contributed by atoms with Crippen LogP contribution < -0.4 is 5.73 Å². The molecular formula is C6H12N2. The van der Waals surface area contributed by atoms with Gasteiger partial charge in [-0.05, 0) is 12.5 Å². The van der Waals surface area contributed by atoms with Crippen molar-refractivity contribution in [3.63, 3.8) is 0 Å². The number of unbranched alkanes of at least 4 members (excludes halogenated alkanes) is 1. The van der Waals surface area contributed by atoms with Gasteiger partial charge in [-0.3, -0.25) is 5.41 Å². The normalized spacial score (nSPS) is 10.1. The highest BCUT2D eigenvalue weighted by Gasteiger charge is 1.74. The lowest BCUT2D eigenvalue weighted by Gasteiger charge is -1.82. The fraction of sp³-hybridized carbons (Fsp3) is 0.500. The van der Waals surface area contributed by atoms with Crippen LogP contribution in [0.4, 0.5) is 0 Å². The number of nitrogens with two attached hydrogens (primary N) is 1. The van der Waals surface area contributed by atoms with Crippen LogP contribution in [0.15, 0.2) is 12.2 Å². The molecule has 0 heterocycles. The molecule has 0 aliphatic carbocycles. The maximum atomic E-state index is 6.76. The van der Waals surface area contributed by atoms with Gasteiger partial charge in [0.1, 0.15) is 5.84 Å². The summed E-state index contributed by atoms with van der Waals surface area (Å²) >= 11 is 0. The Morgan fingerprint density at radius 3 is 2.75 bits per heavy atom. The number of nitrogens with one attached hydrogen (secondary N) is 1. The predicted molar refractivity (Wildman–Crippen MR) is 36.0 cm³/mol. The second-order valence-corrected chi connectivity index (χ2v) is 1.65. The third-order valence-electron chi connectivity index (χ3n) is 0.753.